The van der Waals surface area contributed by atoms with Crippen LogP contribution in [-0.2, 0) is 0 Å². The van der Waals surface area contributed by atoms with Crippen LogP contribution in [0, 0.1) is 0 Å². The molecule has 2 aliphatic heterocycles. The Morgan fingerprint density at radius 2 is 2.41 bits per heavy atom. The van der Waals surface area contributed by atoms with E-state index in [1.165, 1.54) is 0 Å². The minimum atomic E-state index is 0.262. The SMILES string of the molecule is CCC1=NC=NC(N2CCN[C@H](C)C2)CC=C1. The van der Waals surface area contributed by atoms with E-state index in [0.717, 1.165) is 38.2 Å². The lowest BCUT2D eigenvalue weighted by atomic mass is 10.1. The maximum atomic E-state index is 4.57. The van der Waals surface area contributed by atoms with Gasteiger partial charge in [-0.3, -0.25) is 9.89 Å². The Morgan fingerprint density at radius 1 is 1.53 bits per heavy atom. The molecule has 0 radical (unpaired) electrons. The average Bonchev–Trinajstić information content (AvgIpc) is 2.29. The van der Waals surface area contributed by atoms with E-state index in [4.69, 9.17) is 0 Å². The van der Waals surface area contributed by atoms with Crippen molar-refractivity contribution in [2.75, 3.05) is 19.6 Å². The van der Waals surface area contributed by atoms with Gasteiger partial charge in [0.15, 0.2) is 0 Å². The average molecular weight is 234 g/mol. The Kier molecular flexibility index (Phi) is 4.45. The minimum absolute atomic E-state index is 0.262. The van der Waals surface area contributed by atoms with Gasteiger partial charge in [0.2, 0.25) is 0 Å². The molecule has 1 saturated heterocycles. The number of rotatable bonds is 2. The van der Waals surface area contributed by atoms with Crippen molar-refractivity contribution in [2.45, 2.75) is 38.9 Å². The number of aliphatic imine (C=N–C) groups is 2. The molecule has 2 aliphatic rings. The van der Waals surface area contributed by atoms with Gasteiger partial charge in [-0.15, -0.1) is 0 Å². The molecule has 4 nitrogen and oxygen atoms in total. The molecule has 2 rings (SSSR count). The minimum Gasteiger partial charge on any atom is -0.312 e. The van der Waals surface area contributed by atoms with E-state index in [1.807, 2.05) is 0 Å². The van der Waals surface area contributed by atoms with Crippen molar-refractivity contribution in [3.63, 3.8) is 0 Å². The second-order valence-electron chi connectivity index (χ2n) is 4.71. The van der Waals surface area contributed by atoms with Crippen LogP contribution in [0.3, 0.4) is 0 Å². The molecule has 0 saturated carbocycles. The summed E-state index contributed by atoms with van der Waals surface area (Å²) < 4.78 is 0. The zero-order valence-electron chi connectivity index (χ0n) is 10.8. The van der Waals surface area contributed by atoms with E-state index in [9.17, 15) is 0 Å². The Labute approximate surface area is 104 Å². The molecule has 0 spiro atoms. The number of hydrogen-bond acceptors (Lipinski definition) is 4. The van der Waals surface area contributed by atoms with Crippen molar-refractivity contribution in [1.29, 1.82) is 0 Å². The van der Waals surface area contributed by atoms with Gasteiger partial charge in [0.05, 0.1) is 0 Å². The first-order valence-corrected chi connectivity index (χ1v) is 6.52. The molecule has 1 unspecified atom stereocenters. The highest BCUT2D eigenvalue weighted by Crippen LogP contribution is 2.11. The molecule has 17 heavy (non-hydrogen) atoms. The third kappa shape index (κ3) is 3.48. The fourth-order valence-corrected chi connectivity index (χ4v) is 2.30. The smallest absolute Gasteiger partial charge is 0.112 e. The largest absolute Gasteiger partial charge is 0.312 e. The quantitative estimate of drug-likeness (QED) is 0.785. The fourth-order valence-electron chi connectivity index (χ4n) is 2.30. The predicted octanol–water partition coefficient (Wildman–Crippen LogP) is 1.45. The molecule has 1 fully saturated rings. The van der Waals surface area contributed by atoms with E-state index in [-0.39, 0.29) is 6.17 Å². The highest BCUT2D eigenvalue weighted by atomic mass is 15.3. The van der Waals surface area contributed by atoms with Crippen LogP contribution in [0.15, 0.2) is 22.1 Å². The molecule has 0 bridgehead atoms. The molecule has 0 aromatic heterocycles. The van der Waals surface area contributed by atoms with E-state index in [1.54, 1.807) is 6.34 Å². The number of nitrogens with one attached hydrogen (secondary N) is 1. The summed E-state index contributed by atoms with van der Waals surface area (Å²) in [6.07, 6.45) is 8.29. The number of allylic oxidation sites excluding steroid dienone is 1. The Balaban J connectivity index is 2.00. The molecule has 2 atom stereocenters. The van der Waals surface area contributed by atoms with Crippen LogP contribution in [-0.4, -0.2) is 48.8 Å². The topological polar surface area (TPSA) is 40.0 Å². The molecule has 0 aromatic rings. The second-order valence-corrected chi connectivity index (χ2v) is 4.71. The fraction of sp³-hybridized carbons (Fsp3) is 0.692. The summed E-state index contributed by atoms with van der Waals surface area (Å²) in [6, 6.07) is 0.558. The van der Waals surface area contributed by atoms with Crippen LogP contribution in [0.2, 0.25) is 0 Å². The van der Waals surface area contributed by atoms with Gasteiger partial charge in [-0.25, -0.2) is 4.99 Å². The van der Waals surface area contributed by atoms with Crippen LogP contribution in [0.5, 0.6) is 0 Å². The third-order valence-electron chi connectivity index (χ3n) is 3.30. The van der Waals surface area contributed by atoms with Crippen LogP contribution >= 0.6 is 0 Å². The molecule has 0 aromatic carbocycles. The van der Waals surface area contributed by atoms with Crippen LogP contribution < -0.4 is 5.32 Å². The zero-order chi connectivity index (χ0) is 12.1. The standard InChI is InChI=1S/C13H22N4/c1-3-12-5-4-6-13(16-10-15-12)17-8-7-14-11(2)9-17/h4-5,10-11,13-14H,3,6-9H2,1-2H3/t11-,13?/m1/s1. The summed E-state index contributed by atoms with van der Waals surface area (Å²) in [7, 11) is 0. The Morgan fingerprint density at radius 3 is 3.18 bits per heavy atom. The summed E-state index contributed by atoms with van der Waals surface area (Å²) in [6.45, 7) is 7.54. The van der Waals surface area contributed by atoms with E-state index < -0.39 is 0 Å². The van der Waals surface area contributed by atoms with Gasteiger partial charge < -0.3 is 5.32 Å². The molecule has 2 heterocycles. The summed E-state index contributed by atoms with van der Waals surface area (Å²) in [4.78, 5) is 11.4. The number of hydrogen-bond donors (Lipinski definition) is 1. The van der Waals surface area contributed by atoms with Gasteiger partial charge >= 0.3 is 0 Å². The summed E-state index contributed by atoms with van der Waals surface area (Å²) >= 11 is 0. The van der Waals surface area contributed by atoms with Crippen LogP contribution in [0.4, 0.5) is 0 Å². The molecule has 0 amide bonds. The van der Waals surface area contributed by atoms with Gasteiger partial charge in [0, 0.05) is 37.8 Å². The first-order valence-electron chi connectivity index (χ1n) is 6.52. The van der Waals surface area contributed by atoms with E-state index >= 15 is 0 Å². The van der Waals surface area contributed by atoms with E-state index in [0.29, 0.717) is 6.04 Å². The van der Waals surface area contributed by atoms with Crippen molar-refractivity contribution in [3.05, 3.63) is 12.2 Å². The maximum Gasteiger partial charge on any atom is 0.112 e. The van der Waals surface area contributed by atoms with Crippen LogP contribution in [0.25, 0.3) is 0 Å². The number of piperazine rings is 1. The van der Waals surface area contributed by atoms with Crippen molar-refractivity contribution >= 4 is 12.1 Å². The second kappa shape index (κ2) is 6.07. The summed E-state index contributed by atoms with van der Waals surface area (Å²) in [5.74, 6) is 0. The van der Waals surface area contributed by atoms with Gasteiger partial charge in [0.1, 0.15) is 12.5 Å². The van der Waals surface area contributed by atoms with Gasteiger partial charge in [-0.1, -0.05) is 13.0 Å². The van der Waals surface area contributed by atoms with Crippen molar-refractivity contribution in [2.24, 2.45) is 9.98 Å². The molecular formula is C13H22N4. The van der Waals surface area contributed by atoms with Crippen molar-refractivity contribution < 1.29 is 0 Å². The predicted molar refractivity (Wildman–Crippen MR) is 72.8 cm³/mol. The molecular weight excluding hydrogens is 212 g/mol. The Hall–Kier alpha value is -1.00. The normalized spacial score (nSPS) is 30.8. The summed E-state index contributed by atoms with van der Waals surface area (Å²) in [5, 5.41) is 3.46. The third-order valence-corrected chi connectivity index (χ3v) is 3.30. The molecule has 94 valence electrons. The van der Waals surface area contributed by atoms with Crippen molar-refractivity contribution in [1.82, 2.24) is 10.2 Å². The zero-order valence-corrected chi connectivity index (χ0v) is 10.8. The number of nitrogens with zero attached hydrogens (tertiary/aromatic N) is 3. The van der Waals surface area contributed by atoms with Gasteiger partial charge in [0.25, 0.3) is 0 Å². The van der Waals surface area contributed by atoms with Gasteiger partial charge in [-0.05, 0) is 19.4 Å². The monoisotopic (exact) mass is 234 g/mol. The highest BCUT2D eigenvalue weighted by Gasteiger charge is 2.22. The van der Waals surface area contributed by atoms with Crippen molar-refractivity contribution in [3.8, 4) is 0 Å². The molecule has 4 heteroatoms. The molecule has 1 N–H and O–H groups in total. The van der Waals surface area contributed by atoms with Gasteiger partial charge in [-0.2, -0.15) is 0 Å². The Bertz CT molecular complexity index is 332. The lowest BCUT2D eigenvalue weighted by molar-refractivity contribution is 0.153. The van der Waals surface area contributed by atoms with Crippen LogP contribution in [0.1, 0.15) is 26.7 Å². The maximum absolute atomic E-state index is 4.57. The first kappa shape index (κ1) is 12.5. The lowest BCUT2D eigenvalue weighted by Crippen LogP contribution is -2.52. The van der Waals surface area contributed by atoms with E-state index in [2.05, 4.69) is 46.2 Å². The molecule has 0 aliphatic carbocycles. The summed E-state index contributed by atoms with van der Waals surface area (Å²) in [5.41, 5.74) is 1.11. The lowest BCUT2D eigenvalue weighted by Gasteiger charge is -2.35. The highest BCUT2D eigenvalue weighted by molar-refractivity contribution is 5.99. The first-order chi connectivity index (χ1) is 8.29.